The molecule has 0 amide bonds. The van der Waals surface area contributed by atoms with E-state index >= 15 is 0 Å². The van der Waals surface area contributed by atoms with Gasteiger partial charge in [0.15, 0.2) is 0 Å². The van der Waals surface area contributed by atoms with Crippen molar-refractivity contribution >= 4 is 0 Å². The van der Waals surface area contributed by atoms with Crippen LogP contribution in [0.2, 0.25) is 0 Å². The molecule has 1 aromatic heterocycles. The second kappa shape index (κ2) is 7.00. The van der Waals surface area contributed by atoms with Crippen molar-refractivity contribution in [1.29, 1.82) is 0 Å². The molecule has 22 heavy (non-hydrogen) atoms. The fourth-order valence-electron chi connectivity index (χ4n) is 2.82. The number of morpholine rings is 1. The quantitative estimate of drug-likeness (QED) is 0.897. The molecule has 118 valence electrons. The number of hydrogen-bond acceptors (Lipinski definition) is 5. The lowest BCUT2D eigenvalue weighted by molar-refractivity contribution is -0.0313. The molecule has 2 unspecified atom stereocenters. The Balaban J connectivity index is 1.66. The summed E-state index contributed by atoms with van der Waals surface area (Å²) in [5.41, 5.74) is 0.951. The lowest BCUT2D eigenvalue weighted by atomic mass is 10.0. The summed E-state index contributed by atoms with van der Waals surface area (Å²) >= 11 is 0. The van der Waals surface area contributed by atoms with E-state index in [2.05, 4.69) is 15.1 Å². The Morgan fingerprint density at radius 3 is 2.91 bits per heavy atom. The number of benzene rings is 1. The van der Waals surface area contributed by atoms with Gasteiger partial charge in [0, 0.05) is 19.6 Å². The Morgan fingerprint density at radius 1 is 1.36 bits per heavy atom. The predicted molar refractivity (Wildman–Crippen MR) is 82.0 cm³/mol. The zero-order chi connectivity index (χ0) is 15.4. The van der Waals surface area contributed by atoms with Gasteiger partial charge in [-0.05, 0) is 12.0 Å². The molecule has 1 aliphatic rings. The maximum Gasteiger partial charge on any atom is 0.146 e. The molecule has 0 aliphatic carbocycles. The lowest BCUT2D eigenvalue weighted by Gasteiger charge is -2.36. The molecule has 1 aromatic carbocycles. The van der Waals surface area contributed by atoms with Crippen molar-refractivity contribution in [3.05, 3.63) is 48.0 Å². The topological polar surface area (TPSA) is 63.4 Å². The van der Waals surface area contributed by atoms with Crippen molar-refractivity contribution in [2.24, 2.45) is 7.05 Å². The third kappa shape index (κ3) is 3.52. The summed E-state index contributed by atoms with van der Waals surface area (Å²) in [4.78, 5) is 2.32. The monoisotopic (exact) mass is 302 g/mol. The van der Waals surface area contributed by atoms with Crippen molar-refractivity contribution in [2.45, 2.75) is 25.1 Å². The molecule has 2 heterocycles. The summed E-state index contributed by atoms with van der Waals surface area (Å²) in [6.45, 7) is 2.93. The average molecular weight is 302 g/mol. The van der Waals surface area contributed by atoms with Gasteiger partial charge in [0.1, 0.15) is 12.2 Å². The first-order valence-electron chi connectivity index (χ1n) is 7.61. The van der Waals surface area contributed by atoms with Crippen LogP contribution in [0.4, 0.5) is 0 Å². The van der Waals surface area contributed by atoms with Gasteiger partial charge < -0.3 is 14.4 Å². The van der Waals surface area contributed by atoms with Crippen LogP contribution >= 0.6 is 0 Å². The molecule has 0 radical (unpaired) electrons. The molecule has 1 N–H and O–H groups in total. The van der Waals surface area contributed by atoms with Crippen LogP contribution in [0.15, 0.2) is 36.7 Å². The number of hydrogen-bond donors (Lipinski definition) is 1. The molecule has 2 atom stereocenters. The molecule has 3 rings (SSSR count). The van der Waals surface area contributed by atoms with Crippen LogP contribution in [0.5, 0.6) is 0 Å². The fraction of sp³-hybridized carbons (Fsp3) is 0.500. The van der Waals surface area contributed by atoms with Crippen molar-refractivity contribution in [3.8, 4) is 0 Å². The van der Waals surface area contributed by atoms with Crippen molar-refractivity contribution in [3.63, 3.8) is 0 Å². The first-order chi connectivity index (χ1) is 10.7. The minimum Gasteiger partial charge on any atom is -0.388 e. The Morgan fingerprint density at radius 2 is 2.18 bits per heavy atom. The zero-order valence-corrected chi connectivity index (χ0v) is 12.8. The van der Waals surface area contributed by atoms with Gasteiger partial charge in [-0.3, -0.25) is 4.90 Å². The lowest BCUT2D eigenvalue weighted by Crippen LogP contribution is -2.46. The second-order valence-corrected chi connectivity index (χ2v) is 5.72. The van der Waals surface area contributed by atoms with Crippen molar-refractivity contribution < 1.29 is 9.84 Å². The number of aromatic nitrogens is 3. The summed E-state index contributed by atoms with van der Waals surface area (Å²) in [6.07, 6.45) is 1.89. The minimum absolute atomic E-state index is 0.181. The standard InChI is InChI=1S/C16H22N4O2/c1-19-12-17-18-16(19)10-20-7-8-22-11-14(20)9-15(21)13-5-3-2-4-6-13/h2-6,12,14-15,21H,7-11H2,1H3. The summed E-state index contributed by atoms with van der Waals surface area (Å²) in [5, 5.41) is 18.5. The smallest absolute Gasteiger partial charge is 0.146 e. The molecule has 1 saturated heterocycles. The summed E-state index contributed by atoms with van der Waals surface area (Å²) in [5.74, 6) is 0.932. The highest BCUT2D eigenvalue weighted by Crippen LogP contribution is 2.23. The van der Waals surface area contributed by atoms with Gasteiger partial charge >= 0.3 is 0 Å². The molecule has 1 fully saturated rings. The van der Waals surface area contributed by atoms with Crippen LogP contribution in [-0.4, -0.2) is 50.6 Å². The van der Waals surface area contributed by atoms with Crippen molar-refractivity contribution in [2.75, 3.05) is 19.8 Å². The van der Waals surface area contributed by atoms with E-state index in [9.17, 15) is 5.11 Å². The fourth-order valence-corrected chi connectivity index (χ4v) is 2.82. The third-order valence-electron chi connectivity index (χ3n) is 4.18. The SMILES string of the molecule is Cn1cnnc1CN1CCOCC1CC(O)c1ccccc1. The highest BCUT2D eigenvalue weighted by molar-refractivity contribution is 5.17. The predicted octanol–water partition coefficient (Wildman–Crippen LogP) is 1.14. The van der Waals surface area contributed by atoms with Crippen LogP contribution in [0, 0.1) is 0 Å². The largest absolute Gasteiger partial charge is 0.388 e. The van der Waals surface area contributed by atoms with E-state index in [1.165, 1.54) is 0 Å². The van der Waals surface area contributed by atoms with Gasteiger partial charge in [0.25, 0.3) is 0 Å². The normalized spacial score (nSPS) is 20.9. The van der Waals surface area contributed by atoms with Gasteiger partial charge in [0.2, 0.25) is 0 Å². The van der Waals surface area contributed by atoms with Crippen LogP contribution in [-0.2, 0) is 18.3 Å². The maximum absolute atomic E-state index is 10.5. The number of aryl methyl sites for hydroxylation is 1. The molecule has 1 aliphatic heterocycles. The van der Waals surface area contributed by atoms with E-state index in [1.54, 1.807) is 6.33 Å². The number of aliphatic hydroxyl groups excluding tert-OH is 1. The first-order valence-corrected chi connectivity index (χ1v) is 7.61. The molecular formula is C16H22N4O2. The summed E-state index contributed by atoms with van der Waals surface area (Å²) in [6, 6.07) is 9.96. The summed E-state index contributed by atoms with van der Waals surface area (Å²) in [7, 11) is 1.95. The Labute approximate surface area is 130 Å². The molecular weight excluding hydrogens is 280 g/mol. The van der Waals surface area contributed by atoms with Crippen molar-refractivity contribution in [1.82, 2.24) is 19.7 Å². The van der Waals surface area contributed by atoms with Crippen LogP contribution in [0.25, 0.3) is 0 Å². The number of aliphatic hydroxyl groups is 1. The molecule has 6 heteroatoms. The van der Waals surface area contributed by atoms with Gasteiger partial charge in [-0.15, -0.1) is 10.2 Å². The van der Waals surface area contributed by atoms with E-state index in [-0.39, 0.29) is 6.04 Å². The molecule has 2 aromatic rings. The second-order valence-electron chi connectivity index (χ2n) is 5.72. The molecule has 0 bridgehead atoms. The van der Waals surface area contributed by atoms with E-state index < -0.39 is 6.10 Å². The number of rotatable bonds is 5. The Kier molecular flexibility index (Phi) is 4.82. The van der Waals surface area contributed by atoms with Crippen LogP contribution in [0.3, 0.4) is 0 Å². The minimum atomic E-state index is -0.477. The van der Waals surface area contributed by atoms with E-state index in [4.69, 9.17) is 4.74 Å². The first kappa shape index (κ1) is 15.1. The highest BCUT2D eigenvalue weighted by atomic mass is 16.5. The van der Waals surface area contributed by atoms with Crippen LogP contribution < -0.4 is 0 Å². The molecule has 0 saturated carbocycles. The van der Waals surface area contributed by atoms with Crippen LogP contribution in [0.1, 0.15) is 23.9 Å². The van der Waals surface area contributed by atoms with E-state index in [0.29, 0.717) is 13.0 Å². The van der Waals surface area contributed by atoms with Gasteiger partial charge in [-0.25, -0.2) is 0 Å². The van der Waals surface area contributed by atoms with E-state index in [1.807, 2.05) is 41.9 Å². The average Bonchev–Trinajstić information content (AvgIpc) is 2.95. The Bertz CT molecular complexity index is 587. The third-order valence-corrected chi connectivity index (χ3v) is 4.18. The molecule has 0 spiro atoms. The number of nitrogens with zero attached hydrogens (tertiary/aromatic N) is 4. The van der Waals surface area contributed by atoms with Gasteiger partial charge in [0.05, 0.1) is 25.9 Å². The van der Waals surface area contributed by atoms with Gasteiger partial charge in [-0.2, -0.15) is 0 Å². The highest BCUT2D eigenvalue weighted by Gasteiger charge is 2.27. The zero-order valence-electron chi connectivity index (χ0n) is 12.8. The van der Waals surface area contributed by atoms with Gasteiger partial charge in [-0.1, -0.05) is 30.3 Å². The van der Waals surface area contributed by atoms with E-state index in [0.717, 1.165) is 31.1 Å². The molecule has 6 nitrogen and oxygen atoms in total. The summed E-state index contributed by atoms with van der Waals surface area (Å²) < 4.78 is 7.53. The number of ether oxygens (including phenoxy) is 1. The maximum atomic E-state index is 10.5. The Hall–Kier alpha value is -1.76.